The van der Waals surface area contributed by atoms with Crippen LogP contribution in [0.1, 0.15) is 19.3 Å². The van der Waals surface area contributed by atoms with Gasteiger partial charge in [0.1, 0.15) is 0 Å². The number of nitrogens with zero attached hydrogens (tertiary/aromatic N) is 2. The summed E-state index contributed by atoms with van der Waals surface area (Å²) in [5.41, 5.74) is 0. The number of ether oxygens (including phenoxy) is 1. The number of carbonyl (C=O) groups excluding carboxylic acids is 2. The Morgan fingerprint density at radius 2 is 1.78 bits per heavy atom. The molecule has 0 spiro atoms. The van der Waals surface area contributed by atoms with Gasteiger partial charge in [0.05, 0.1) is 13.2 Å². The van der Waals surface area contributed by atoms with Crippen LogP contribution in [0, 0.1) is 0 Å². The maximum absolute atomic E-state index is 12.2. The SMILES string of the molecule is COC(=O)N1CCN(C(=O)C2CCCCN2)CC1. The van der Waals surface area contributed by atoms with Gasteiger partial charge in [-0.1, -0.05) is 6.42 Å². The normalized spacial score (nSPS) is 24.8. The molecule has 6 nitrogen and oxygen atoms in total. The molecule has 18 heavy (non-hydrogen) atoms. The Balaban J connectivity index is 1.81. The lowest BCUT2D eigenvalue weighted by atomic mass is 10.0. The predicted octanol–water partition coefficient (Wildman–Crippen LogP) is 0.0391. The third-order valence-corrected chi connectivity index (χ3v) is 3.63. The summed E-state index contributed by atoms with van der Waals surface area (Å²) in [5.74, 6) is 0.180. The summed E-state index contributed by atoms with van der Waals surface area (Å²) in [5, 5.41) is 3.26. The van der Waals surface area contributed by atoms with E-state index in [4.69, 9.17) is 0 Å². The molecule has 0 saturated carbocycles. The number of hydrogen-bond donors (Lipinski definition) is 1. The highest BCUT2D eigenvalue weighted by Gasteiger charge is 2.29. The molecule has 1 N–H and O–H groups in total. The van der Waals surface area contributed by atoms with Crippen LogP contribution in [0.3, 0.4) is 0 Å². The first-order valence-electron chi connectivity index (χ1n) is 6.57. The zero-order valence-electron chi connectivity index (χ0n) is 10.9. The molecular formula is C12H21N3O3. The van der Waals surface area contributed by atoms with Crippen molar-refractivity contribution in [1.29, 1.82) is 0 Å². The monoisotopic (exact) mass is 255 g/mol. The van der Waals surface area contributed by atoms with Gasteiger partial charge in [-0.15, -0.1) is 0 Å². The topological polar surface area (TPSA) is 61.9 Å². The van der Waals surface area contributed by atoms with Gasteiger partial charge in [-0.05, 0) is 19.4 Å². The molecule has 2 aliphatic rings. The van der Waals surface area contributed by atoms with Crippen molar-refractivity contribution in [2.24, 2.45) is 0 Å². The van der Waals surface area contributed by atoms with Gasteiger partial charge in [-0.2, -0.15) is 0 Å². The quantitative estimate of drug-likeness (QED) is 0.718. The molecule has 0 aromatic heterocycles. The van der Waals surface area contributed by atoms with E-state index in [2.05, 4.69) is 10.1 Å². The number of rotatable bonds is 1. The van der Waals surface area contributed by atoms with Crippen molar-refractivity contribution < 1.29 is 14.3 Å². The first-order valence-corrected chi connectivity index (χ1v) is 6.57. The molecule has 0 bridgehead atoms. The van der Waals surface area contributed by atoms with Crippen LogP contribution in [-0.2, 0) is 9.53 Å². The molecule has 2 amide bonds. The number of piperidine rings is 1. The fraction of sp³-hybridized carbons (Fsp3) is 0.833. The molecule has 0 aromatic carbocycles. The van der Waals surface area contributed by atoms with Crippen molar-refractivity contribution in [3.8, 4) is 0 Å². The Hall–Kier alpha value is -1.30. The Bertz CT molecular complexity index is 308. The molecule has 2 saturated heterocycles. The van der Waals surface area contributed by atoms with E-state index in [0.29, 0.717) is 26.2 Å². The van der Waals surface area contributed by atoms with Gasteiger partial charge < -0.3 is 19.9 Å². The molecule has 102 valence electrons. The van der Waals surface area contributed by atoms with Crippen molar-refractivity contribution in [2.45, 2.75) is 25.3 Å². The van der Waals surface area contributed by atoms with E-state index >= 15 is 0 Å². The zero-order chi connectivity index (χ0) is 13.0. The summed E-state index contributed by atoms with van der Waals surface area (Å²) < 4.78 is 4.67. The molecule has 6 heteroatoms. The second kappa shape index (κ2) is 6.04. The van der Waals surface area contributed by atoms with Crippen molar-refractivity contribution in [1.82, 2.24) is 15.1 Å². The minimum absolute atomic E-state index is 0.0246. The van der Waals surface area contributed by atoms with Gasteiger partial charge in [0, 0.05) is 26.2 Å². The number of methoxy groups -OCH3 is 1. The van der Waals surface area contributed by atoms with Crippen LogP contribution in [-0.4, -0.2) is 67.7 Å². The van der Waals surface area contributed by atoms with Gasteiger partial charge >= 0.3 is 6.09 Å². The summed E-state index contributed by atoms with van der Waals surface area (Å²) in [4.78, 5) is 27.0. The Morgan fingerprint density at radius 1 is 1.11 bits per heavy atom. The Labute approximate surface area is 107 Å². The second-order valence-corrected chi connectivity index (χ2v) is 4.78. The highest BCUT2D eigenvalue weighted by atomic mass is 16.5. The first-order chi connectivity index (χ1) is 8.72. The van der Waals surface area contributed by atoms with E-state index in [-0.39, 0.29) is 18.0 Å². The third-order valence-electron chi connectivity index (χ3n) is 3.63. The van der Waals surface area contributed by atoms with E-state index in [1.807, 2.05) is 4.90 Å². The molecule has 2 fully saturated rings. The standard InChI is InChI=1S/C12H21N3O3/c1-18-12(17)15-8-6-14(7-9-15)11(16)10-4-2-3-5-13-10/h10,13H,2-9H2,1H3. The first kappa shape index (κ1) is 13.1. The minimum atomic E-state index is -0.308. The summed E-state index contributed by atoms with van der Waals surface area (Å²) >= 11 is 0. The molecule has 1 atom stereocenters. The van der Waals surface area contributed by atoms with Crippen molar-refractivity contribution in [3.63, 3.8) is 0 Å². The van der Waals surface area contributed by atoms with Crippen molar-refractivity contribution in [2.75, 3.05) is 39.8 Å². The van der Waals surface area contributed by atoms with E-state index in [1.54, 1.807) is 4.90 Å². The highest BCUT2D eigenvalue weighted by Crippen LogP contribution is 2.12. The summed E-state index contributed by atoms with van der Waals surface area (Å²) in [6.07, 6.45) is 2.89. The molecule has 0 radical (unpaired) electrons. The largest absolute Gasteiger partial charge is 0.453 e. The summed E-state index contributed by atoms with van der Waals surface area (Å²) in [7, 11) is 1.38. The van der Waals surface area contributed by atoms with Crippen LogP contribution in [0.15, 0.2) is 0 Å². The van der Waals surface area contributed by atoms with Crippen LogP contribution >= 0.6 is 0 Å². The third kappa shape index (κ3) is 2.93. The number of hydrogen-bond acceptors (Lipinski definition) is 4. The number of nitrogens with one attached hydrogen (secondary N) is 1. The molecule has 0 aromatic rings. The number of piperazine rings is 1. The van der Waals surface area contributed by atoms with Crippen LogP contribution in [0.4, 0.5) is 4.79 Å². The van der Waals surface area contributed by atoms with Crippen LogP contribution in [0.5, 0.6) is 0 Å². The summed E-state index contributed by atoms with van der Waals surface area (Å²) in [6, 6.07) is -0.0246. The molecule has 2 rings (SSSR count). The lowest BCUT2D eigenvalue weighted by Crippen LogP contribution is -2.55. The highest BCUT2D eigenvalue weighted by molar-refractivity contribution is 5.82. The van der Waals surface area contributed by atoms with Gasteiger partial charge in [0.25, 0.3) is 0 Å². The minimum Gasteiger partial charge on any atom is -0.453 e. The lowest BCUT2D eigenvalue weighted by Gasteiger charge is -2.36. The average molecular weight is 255 g/mol. The van der Waals surface area contributed by atoms with E-state index in [1.165, 1.54) is 7.11 Å². The maximum atomic E-state index is 12.2. The van der Waals surface area contributed by atoms with Gasteiger partial charge in [-0.3, -0.25) is 4.79 Å². The fourth-order valence-corrected chi connectivity index (χ4v) is 2.52. The average Bonchev–Trinajstić information content (AvgIpc) is 2.47. The van der Waals surface area contributed by atoms with Crippen LogP contribution in [0.2, 0.25) is 0 Å². The van der Waals surface area contributed by atoms with Gasteiger partial charge in [0.15, 0.2) is 0 Å². The molecule has 2 aliphatic heterocycles. The number of amides is 2. The second-order valence-electron chi connectivity index (χ2n) is 4.78. The Kier molecular flexibility index (Phi) is 4.41. The van der Waals surface area contributed by atoms with Crippen LogP contribution in [0.25, 0.3) is 0 Å². The molecule has 1 unspecified atom stereocenters. The summed E-state index contributed by atoms with van der Waals surface area (Å²) in [6.45, 7) is 3.26. The molecule has 2 heterocycles. The molecule has 0 aliphatic carbocycles. The predicted molar refractivity (Wildman–Crippen MR) is 66.2 cm³/mol. The van der Waals surface area contributed by atoms with E-state index < -0.39 is 0 Å². The smallest absolute Gasteiger partial charge is 0.409 e. The maximum Gasteiger partial charge on any atom is 0.409 e. The van der Waals surface area contributed by atoms with Gasteiger partial charge in [0.2, 0.25) is 5.91 Å². The Morgan fingerprint density at radius 3 is 2.33 bits per heavy atom. The van der Waals surface area contributed by atoms with Crippen molar-refractivity contribution >= 4 is 12.0 Å². The fourth-order valence-electron chi connectivity index (χ4n) is 2.52. The zero-order valence-corrected chi connectivity index (χ0v) is 10.9. The number of carbonyl (C=O) groups is 2. The van der Waals surface area contributed by atoms with E-state index in [0.717, 1.165) is 25.8 Å². The van der Waals surface area contributed by atoms with Gasteiger partial charge in [-0.25, -0.2) is 4.79 Å². The van der Waals surface area contributed by atoms with E-state index in [9.17, 15) is 9.59 Å². The van der Waals surface area contributed by atoms with Crippen molar-refractivity contribution in [3.05, 3.63) is 0 Å². The lowest BCUT2D eigenvalue weighted by molar-refractivity contribution is -0.135. The van der Waals surface area contributed by atoms with Crippen LogP contribution < -0.4 is 5.32 Å². The molecular weight excluding hydrogens is 234 g/mol.